The van der Waals surface area contributed by atoms with E-state index in [0.29, 0.717) is 0 Å². The molecule has 2 aromatic heterocycles. The van der Waals surface area contributed by atoms with Gasteiger partial charge in [-0.1, -0.05) is 6.92 Å². The van der Waals surface area contributed by atoms with E-state index >= 15 is 0 Å². The summed E-state index contributed by atoms with van der Waals surface area (Å²) in [6.45, 7) is 7.51. The predicted octanol–water partition coefficient (Wildman–Crippen LogP) is 4.81. The zero-order valence-electron chi connectivity index (χ0n) is 10.9. The number of hydrogen-bond donors (Lipinski definition) is 1. The molecule has 0 aromatic carbocycles. The second kappa shape index (κ2) is 6.04. The molecule has 1 unspecified atom stereocenters. The maximum Gasteiger partial charge on any atom is 0.174 e. The van der Waals surface area contributed by atoms with Crippen LogP contribution >= 0.6 is 27.3 Å². The molecule has 2 aromatic rings. The van der Waals surface area contributed by atoms with Gasteiger partial charge in [-0.2, -0.15) is 0 Å². The summed E-state index contributed by atoms with van der Waals surface area (Å²) in [5, 5.41) is 3.60. The van der Waals surface area contributed by atoms with Crippen LogP contribution in [0.25, 0.3) is 0 Å². The molecule has 0 saturated carbocycles. The second-order valence-corrected chi connectivity index (χ2v) is 6.59. The van der Waals surface area contributed by atoms with Gasteiger partial charge in [0.25, 0.3) is 0 Å². The van der Waals surface area contributed by atoms with Crippen LogP contribution in [0.3, 0.4) is 0 Å². The van der Waals surface area contributed by atoms with Crippen LogP contribution in [0.5, 0.6) is 0 Å². The van der Waals surface area contributed by atoms with Gasteiger partial charge in [-0.25, -0.2) is 0 Å². The van der Waals surface area contributed by atoms with Crippen molar-refractivity contribution in [2.75, 3.05) is 6.54 Å². The molecule has 0 radical (unpaired) electrons. The lowest BCUT2D eigenvalue weighted by molar-refractivity contribution is 0.523. The van der Waals surface area contributed by atoms with Crippen LogP contribution in [0, 0.1) is 13.8 Å². The summed E-state index contributed by atoms with van der Waals surface area (Å²) in [5.41, 5.74) is 2.53. The molecular formula is C14H18BrNOS. The van der Waals surface area contributed by atoms with E-state index in [1.165, 1.54) is 20.9 Å². The number of furan rings is 1. The molecule has 0 aliphatic rings. The lowest BCUT2D eigenvalue weighted by Gasteiger charge is -2.18. The van der Waals surface area contributed by atoms with Gasteiger partial charge in [-0.15, -0.1) is 11.3 Å². The number of thiophene rings is 1. The fourth-order valence-electron chi connectivity index (χ4n) is 2.12. The van der Waals surface area contributed by atoms with Gasteiger partial charge in [0.2, 0.25) is 0 Å². The zero-order valence-corrected chi connectivity index (χ0v) is 13.3. The van der Waals surface area contributed by atoms with Crippen molar-refractivity contribution in [2.45, 2.75) is 33.2 Å². The van der Waals surface area contributed by atoms with Gasteiger partial charge < -0.3 is 9.73 Å². The van der Waals surface area contributed by atoms with Crippen LogP contribution in [-0.2, 0) is 0 Å². The van der Waals surface area contributed by atoms with E-state index in [1.807, 2.05) is 17.4 Å². The average Bonchev–Trinajstić information content (AvgIpc) is 2.87. The maximum atomic E-state index is 5.37. The Morgan fingerprint density at radius 3 is 2.67 bits per heavy atom. The van der Waals surface area contributed by atoms with Crippen molar-refractivity contribution >= 4 is 27.3 Å². The van der Waals surface area contributed by atoms with Gasteiger partial charge in [0.05, 0.1) is 12.3 Å². The molecule has 2 nitrogen and oxygen atoms in total. The summed E-state index contributed by atoms with van der Waals surface area (Å²) in [5.74, 6) is 0. The van der Waals surface area contributed by atoms with Crippen molar-refractivity contribution in [3.05, 3.63) is 43.9 Å². The first-order valence-corrected chi connectivity index (χ1v) is 7.77. The first-order chi connectivity index (χ1) is 8.63. The highest BCUT2D eigenvalue weighted by Crippen LogP contribution is 2.34. The molecule has 2 heterocycles. The molecule has 2 rings (SSSR count). The topological polar surface area (TPSA) is 25.2 Å². The van der Waals surface area contributed by atoms with Crippen molar-refractivity contribution in [3.8, 4) is 0 Å². The summed E-state index contributed by atoms with van der Waals surface area (Å²) >= 11 is 5.33. The minimum Gasteiger partial charge on any atom is -0.457 e. The Balaban J connectivity index is 2.37. The van der Waals surface area contributed by atoms with E-state index in [2.05, 4.69) is 48.1 Å². The number of hydrogen-bond acceptors (Lipinski definition) is 3. The first kappa shape index (κ1) is 13.8. The van der Waals surface area contributed by atoms with Crippen molar-refractivity contribution in [1.82, 2.24) is 5.32 Å². The molecule has 4 heteroatoms. The molecule has 18 heavy (non-hydrogen) atoms. The van der Waals surface area contributed by atoms with Crippen LogP contribution in [0.2, 0.25) is 0 Å². The molecule has 0 aliphatic heterocycles. The minimum atomic E-state index is 0.211. The van der Waals surface area contributed by atoms with E-state index in [4.69, 9.17) is 4.42 Å². The van der Waals surface area contributed by atoms with Crippen molar-refractivity contribution in [3.63, 3.8) is 0 Å². The number of nitrogens with one attached hydrogen (secondary N) is 1. The smallest absolute Gasteiger partial charge is 0.174 e. The van der Waals surface area contributed by atoms with E-state index in [9.17, 15) is 0 Å². The highest BCUT2D eigenvalue weighted by molar-refractivity contribution is 9.10. The number of aryl methyl sites for hydroxylation is 2. The fourth-order valence-corrected chi connectivity index (χ4v) is 3.56. The van der Waals surface area contributed by atoms with Crippen molar-refractivity contribution in [1.29, 1.82) is 0 Å². The van der Waals surface area contributed by atoms with Crippen LogP contribution in [0.1, 0.15) is 40.3 Å². The molecule has 0 spiro atoms. The van der Waals surface area contributed by atoms with E-state index in [-0.39, 0.29) is 6.04 Å². The molecule has 98 valence electrons. The van der Waals surface area contributed by atoms with Gasteiger partial charge in [0, 0.05) is 15.3 Å². The fraction of sp³-hybridized carbons (Fsp3) is 0.429. The van der Waals surface area contributed by atoms with Crippen LogP contribution in [0.4, 0.5) is 0 Å². The minimum absolute atomic E-state index is 0.211. The van der Waals surface area contributed by atoms with Crippen molar-refractivity contribution < 1.29 is 4.42 Å². The Hall–Kier alpha value is -0.580. The molecule has 0 fully saturated rings. The molecule has 0 aliphatic carbocycles. The summed E-state index contributed by atoms with van der Waals surface area (Å²) in [6, 6.07) is 4.51. The monoisotopic (exact) mass is 327 g/mol. The third-order valence-electron chi connectivity index (χ3n) is 2.95. The van der Waals surface area contributed by atoms with E-state index in [0.717, 1.165) is 17.6 Å². The second-order valence-electron chi connectivity index (χ2n) is 4.41. The maximum absolute atomic E-state index is 5.37. The molecule has 1 N–H and O–H groups in total. The lowest BCUT2D eigenvalue weighted by Crippen LogP contribution is -2.23. The summed E-state index contributed by atoms with van der Waals surface area (Å²) < 4.78 is 6.19. The van der Waals surface area contributed by atoms with Gasteiger partial charge in [0.15, 0.2) is 4.67 Å². The van der Waals surface area contributed by atoms with Crippen LogP contribution in [0.15, 0.2) is 27.5 Å². The van der Waals surface area contributed by atoms with Crippen molar-refractivity contribution in [2.24, 2.45) is 0 Å². The van der Waals surface area contributed by atoms with E-state index < -0.39 is 0 Å². The standard InChI is InChI=1S/C14H18BrNOS/c1-4-6-16-13(11-5-7-17-14(11)15)12-8-9(2)18-10(12)3/h5,7-8,13,16H,4,6H2,1-3H3. The Bertz CT molecular complexity index is 518. The third-order valence-corrected chi connectivity index (χ3v) is 4.57. The number of rotatable bonds is 5. The summed E-state index contributed by atoms with van der Waals surface area (Å²) in [6.07, 6.45) is 2.85. The SMILES string of the molecule is CCCNC(c1ccoc1Br)c1cc(C)sc1C. The predicted molar refractivity (Wildman–Crippen MR) is 80.3 cm³/mol. The summed E-state index contributed by atoms with van der Waals surface area (Å²) in [7, 11) is 0. The zero-order chi connectivity index (χ0) is 13.1. The highest BCUT2D eigenvalue weighted by Gasteiger charge is 2.21. The summed E-state index contributed by atoms with van der Waals surface area (Å²) in [4.78, 5) is 2.72. The van der Waals surface area contributed by atoms with Gasteiger partial charge in [-0.05, 0) is 60.4 Å². The van der Waals surface area contributed by atoms with Gasteiger partial charge in [-0.3, -0.25) is 0 Å². The quantitative estimate of drug-likeness (QED) is 0.852. The molecule has 0 amide bonds. The van der Waals surface area contributed by atoms with Crippen LogP contribution in [-0.4, -0.2) is 6.54 Å². The Labute approximate surface area is 121 Å². The number of halogens is 1. The highest BCUT2D eigenvalue weighted by atomic mass is 79.9. The van der Waals surface area contributed by atoms with Crippen LogP contribution < -0.4 is 5.32 Å². The van der Waals surface area contributed by atoms with E-state index in [1.54, 1.807) is 6.26 Å². The normalized spacial score (nSPS) is 12.9. The average molecular weight is 328 g/mol. The van der Waals surface area contributed by atoms with Gasteiger partial charge in [0.1, 0.15) is 0 Å². The Kier molecular flexibility index (Phi) is 4.65. The Morgan fingerprint density at radius 2 is 2.17 bits per heavy atom. The molecular weight excluding hydrogens is 310 g/mol. The van der Waals surface area contributed by atoms with Gasteiger partial charge >= 0.3 is 0 Å². The third kappa shape index (κ3) is 2.87. The lowest BCUT2D eigenvalue weighted by atomic mass is 10.0. The Morgan fingerprint density at radius 1 is 1.39 bits per heavy atom. The molecule has 0 saturated heterocycles. The first-order valence-electron chi connectivity index (χ1n) is 6.16. The molecule has 1 atom stereocenters. The largest absolute Gasteiger partial charge is 0.457 e. The molecule has 0 bridgehead atoms.